The minimum Gasteiger partial charge on any atom is -0.396 e. The second-order valence-corrected chi connectivity index (χ2v) is 6.96. The first-order valence-electron chi connectivity index (χ1n) is 5.64. The highest BCUT2D eigenvalue weighted by molar-refractivity contribution is 9.10. The van der Waals surface area contributed by atoms with Crippen molar-refractivity contribution < 1.29 is 12.8 Å². The van der Waals surface area contributed by atoms with Gasteiger partial charge in [0.25, 0.3) is 0 Å². The van der Waals surface area contributed by atoms with Crippen molar-refractivity contribution in [1.82, 2.24) is 4.31 Å². The summed E-state index contributed by atoms with van der Waals surface area (Å²) in [6.07, 6.45) is 1.75. The third-order valence-electron chi connectivity index (χ3n) is 2.90. The number of halogens is 2. The highest BCUT2D eigenvalue weighted by Crippen LogP contribution is 2.35. The summed E-state index contributed by atoms with van der Waals surface area (Å²) in [5.74, 6) is -0.629. The first-order valence-corrected chi connectivity index (χ1v) is 7.87. The van der Waals surface area contributed by atoms with E-state index in [1.165, 1.54) is 10.4 Å². The number of hydrogen-bond acceptors (Lipinski definition) is 3. The van der Waals surface area contributed by atoms with Crippen LogP contribution >= 0.6 is 15.9 Å². The summed E-state index contributed by atoms with van der Waals surface area (Å²) in [4.78, 5) is 0.0233. The predicted molar refractivity (Wildman–Crippen MR) is 71.1 cm³/mol. The van der Waals surface area contributed by atoms with E-state index in [2.05, 4.69) is 15.9 Å². The lowest BCUT2D eigenvalue weighted by atomic mass is 10.3. The maximum atomic E-state index is 13.2. The highest BCUT2D eigenvalue weighted by atomic mass is 79.9. The first kappa shape index (κ1) is 13.8. The Labute approximate surface area is 114 Å². The van der Waals surface area contributed by atoms with Gasteiger partial charge in [-0.05, 0) is 40.9 Å². The topological polar surface area (TPSA) is 63.4 Å². The molecule has 1 aromatic carbocycles. The highest BCUT2D eigenvalue weighted by Gasteiger charge is 2.37. The van der Waals surface area contributed by atoms with E-state index in [0.717, 1.165) is 18.9 Å². The minimum atomic E-state index is -3.62. The Morgan fingerprint density at radius 2 is 2.11 bits per heavy atom. The molecule has 0 radical (unpaired) electrons. The van der Waals surface area contributed by atoms with Gasteiger partial charge in [0.1, 0.15) is 5.82 Å². The number of nitrogens with zero attached hydrogens (tertiary/aromatic N) is 1. The van der Waals surface area contributed by atoms with Crippen LogP contribution < -0.4 is 5.73 Å². The van der Waals surface area contributed by atoms with Gasteiger partial charge in [0.05, 0.1) is 10.6 Å². The largest absolute Gasteiger partial charge is 0.396 e. The Hall–Kier alpha value is -0.660. The normalized spacial score (nSPS) is 16.2. The van der Waals surface area contributed by atoms with Gasteiger partial charge in [-0.2, -0.15) is 4.31 Å². The molecule has 4 nitrogen and oxygen atoms in total. The zero-order valence-electron chi connectivity index (χ0n) is 9.86. The summed E-state index contributed by atoms with van der Waals surface area (Å²) in [5, 5.41) is 0. The average molecular weight is 337 g/mol. The molecule has 0 amide bonds. The summed E-state index contributed by atoms with van der Waals surface area (Å²) < 4.78 is 39.8. The van der Waals surface area contributed by atoms with Crippen molar-refractivity contribution in [3.05, 3.63) is 22.4 Å². The van der Waals surface area contributed by atoms with Crippen molar-refractivity contribution in [2.45, 2.75) is 30.7 Å². The lowest BCUT2D eigenvalue weighted by Gasteiger charge is -2.21. The molecular weight excluding hydrogens is 323 g/mol. The number of benzene rings is 1. The molecule has 1 aliphatic carbocycles. The van der Waals surface area contributed by atoms with Gasteiger partial charge < -0.3 is 5.73 Å². The van der Waals surface area contributed by atoms with Gasteiger partial charge in [-0.3, -0.25) is 0 Å². The fourth-order valence-corrected chi connectivity index (χ4v) is 4.56. The standard InChI is InChI=1S/C11H14BrFN2O2S/c1-2-15(7-3-4-7)18(16,17)11-6-10(14)9(13)5-8(11)12/h5-7H,2-4,14H2,1H3. The first-order chi connectivity index (χ1) is 8.37. The van der Waals surface area contributed by atoms with Crippen LogP contribution in [-0.2, 0) is 10.0 Å². The average Bonchev–Trinajstić information content (AvgIpc) is 3.08. The molecule has 1 aromatic rings. The van der Waals surface area contributed by atoms with E-state index >= 15 is 0 Å². The van der Waals surface area contributed by atoms with E-state index < -0.39 is 15.8 Å². The van der Waals surface area contributed by atoms with Crippen molar-refractivity contribution in [2.24, 2.45) is 0 Å². The molecule has 100 valence electrons. The van der Waals surface area contributed by atoms with Crippen LogP contribution in [0.15, 0.2) is 21.5 Å². The molecule has 2 rings (SSSR count). The van der Waals surface area contributed by atoms with Crippen molar-refractivity contribution in [1.29, 1.82) is 0 Å². The third-order valence-corrected chi connectivity index (χ3v) is 5.89. The fraction of sp³-hybridized carbons (Fsp3) is 0.455. The lowest BCUT2D eigenvalue weighted by Crippen LogP contribution is -2.33. The summed E-state index contributed by atoms with van der Waals surface area (Å²) in [6, 6.07) is 2.32. The molecule has 1 fully saturated rings. The number of nitrogens with two attached hydrogens (primary N) is 1. The number of sulfonamides is 1. The molecule has 0 heterocycles. The Kier molecular flexibility index (Phi) is 3.66. The van der Waals surface area contributed by atoms with Crippen LogP contribution in [0.5, 0.6) is 0 Å². The van der Waals surface area contributed by atoms with Gasteiger partial charge in [0, 0.05) is 17.1 Å². The summed E-state index contributed by atoms with van der Waals surface area (Å²) in [6.45, 7) is 2.19. The van der Waals surface area contributed by atoms with Crippen LogP contribution in [0.25, 0.3) is 0 Å². The zero-order valence-corrected chi connectivity index (χ0v) is 12.3. The van der Waals surface area contributed by atoms with Gasteiger partial charge in [-0.25, -0.2) is 12.8 Å². The summed E-state index contributed by atoms with van der Waals surface area (Å²) in [5.41, 5.74) is 5.28. The van der Waals surface area contributed by atoms with Crippen molar-refractivity contribution in [3.8, 4) is 0 Å². The van der Waals surface area contributed by atoms with Gasteiger partial charge in [-0.1, -0.05) is 6.92 Å². The minimum absolute atomic E-state index is 0.0233. The molecule has 2 N–H and O–H groups in total. The molecule has 0 spiro atoms. The summed E-state index contributed by atoms with van der Waals surface area (Å²) >= 11 is 3.08. The lowest BCUT2D eigenvalue weighted by molar-refractivity contribution is 0.420. The zero-order chi connectivity index (χ0) is 13.5. The molecule has 1 saturated carbocycles. The molecule has 1 aliphatic rings. The predicted octanol–water partition coefficient (Wildman–Crippen LogP) is 2.34. The van der Waals surface area contributed by atoms with Crippen LogP contribution in [0, 0.1) is 5.82 Å². The van der Waals surface area contributed by atoms with Gasteiger partial charge >= 0.3 is 0 Å². The Morgan fingerprint density at radius 3 is 2.61 bits per heavy atom. The maximum Gasteiger partial charge on any atom is 0.244 e. The summed E-state index contributed by atoms with van der Waals surface area (Å²) in [7, 11) is -3.62. The number of anilines is 1. The molecule has 0 bridgehead atoms. The Morgan fingerprint density at radius 1 is 1.50 bits per heavy atom. The number of nitrogen functional groups attached to an aromatic ring is 1. The van der Waals surface area contributed by atoms with E-state index in [1.807, 2.05) is 0 Å². The van der Waals surface area contributed by atoms with Crippen LogP contribution in [0.2, 0.25) is 0 Å². The van der Waals surface area contributed by atoms with Gasteiger partial charge in [0.15, 0.2) is 0 Å². The van der Waals surface area contributed by atoms with Crippen LogP contribution in [0.3, 0.4) is 0 Å². The Bertz CT molecular complexity index is 573. The van der Waals surface area contributed by atoms with Crippen LogP contribution in [0.1, 0.15) is 19.8 Å². The van der Waals surface area contributed by atoms with Gasteiger partial charge in [-0.15, -0.1) is 0 Å². The van der Waals surface area contributed by atoms with Crippen molar-refractivity contribution in [3.63, 3.8) is 0 Å². The molecule has 18 heavy (non-hydrogen) atoms. The third kappa shape index (κ3) is 2.39. The van der Waals surface area contributed by atoms with Crippen molar-refractivity contribution >= 4 is 31.6 Å². The number of rotatable bonds is 4. The molecule has 0 saturated heterocycles. The van der Waals surface area contributed by atoms with Crippen LogP contribution in [-0.4, -0.2) is 25.3 Å². The molecule has 0 unspecified atom stereocenters. The fourth-order valence-electron chi connectivity index (χ4n) is 1.86. The second-order valence-electron chi connectivity index (χ2n) is 4.24. The SMILES string of the molecule is CCN(C1CC1)S(=O)(=O)c1cc(N)c(F)cc1Br. The van der Waals surface area contributed by atoms with E-state index in [0.29, 0.717) is 6.54 Å². The second kappa shape index (κ2) is 4.79. The molecule has 7 heteroatoms. The quantitative estimate of drug-likeness (QED) is 0.858. The van der Waals surface area contributed by atoms with Crippen LogP contribution in [0.4, 0.5) is 10.1 Å². The maximum absolute atomic E-state index is 13.2. The number of hydrogen-bond donors (Lipinski definition) is 1. The molecule has 0 atom stereocenters. The van der Waals surface area contributed by atoms with E-state index in [-0.39, 0.29) is 21.1 Å². The van der Waals surface area contributed by atoms with E-state index in [9.17, 15) is 12.8 Å². The molecular formula is C11H14BrFN2O2S. The van der Waals surface area contributed by atoms with E-state index in [1.54, 1.807) is 6.92 Å². The smallest absolute Gasteiger partial charge is 0.244 e. The molecule has 0 aliphatic heterocycles. The van der Waals surface area contributed by atoms with Crippen molar-refractivity contribution in [2.75, 3.05) is 12.3 Å². The van der Waals surface area contributed by atoms with E-state index in [4.69, 9.17) is 5.73 Å². The monoisotopic (exact) mass is 336 g/mol. The van der Waals surface area contributed by atoms with Gasteiger partial charge in [0.2, 0.25) is 10.0 Å². The Balaban J connectivity index is 2.49. The molecule has 0 aromatic heterocycles.